The zero-order chi connectivity index (χ0) is 23.0. The second kappa shape index (κ2) is 11.0. The van der Waals surface area contributed by atoms with Crippen LogP contribution in [0.3, 0.4) is 0 Å². The number of aryl methyl sites for hydroxylation is 1. The van der Waals surface area contributed by atoms with Crippen molar-refractivity contribution >= 4 is 45.8 Å². The van der Waals surface area contributed by atoms with Crippen molar-refractivity contribution in [1.82, 2.24) is 0 Å². The fraction of sp³-hybridized carbons (Fsp3) is 0.107. The highest BCUT2D eigenvalue weighted by molar-refractivity contribution is 8.22. The molecule has 0 bridgehead atoms. The van der Waals surface area contributed by atoms with Gasteiger partial charge in [-0.05, 0) is 28.8 Å². The zero-order valence-electron chi connectivity index (χ0n) is 18.3. The second-order valence-electron chi connectivity index (χ2n) is 7.54. The van der Waals surface area contributed by atoms with Gasteiger partial charge >= 0.3 is 5.70 Å². The summed E-state index contributed by atoms with van der Waals surface area (Å²) in [6, 6.07) is 30.2. The topological polar surface area (TPSA) is 44.7 Å². The fourth-order valence-electron chi connectivity index (χ4n) is 3.44. The number of carbonyl (C=O) groups excluding carboxylic acids is 1. The minimum Gasteiger partial charge on any atom is -0.293 e. The van der Waals surface area contributed by atoms with E-state index in [1.165, 1.54) is 28.1 Å². The molecular weight excluding hydrogens is 444 g/mol. The summed E-state index contributed by atoms with van der Waals surface area (Å²) in [5.74, 6) is 1.04. The highest BCUT2D eigenvalue weighted by Crippen LogP contribution is 2.36. The zero-order valence-corrected chi connectivity index (χ0v) is 19.9. The van der Waals surface area contributed by atoms with Crippen molar-refractivity contribution in [2.45, 2.75) is 12.7 Å². The van der Waals surface area contributed by atoms with Crippen molar-refractivity contribution < 1.29 is 9.36 Å². The molecule has 1 aromatic heterocycles. The molecule has 0 aliphatic carbocycles. The molecule has 0 aliphatic heterocycles. The van der Waals surface area contributed by atoms with Gasteiger partial charge in [0, 0.05) is 23.4 Å². The molecule has 5 heteroatoms. The number of pyridine rings is 1. The van der Waals surface area contributed by atoms with E-state index in [9.17, 15) is 10.1 Å². The average molecular weight is 468 g/mol. The molecular formula is C28H23N2OS2+. The molecule has 0 aliphatic rings. The van der Waals surface area contributed by atoms with Gasteiger partial charge in [-0.1, -0.05) is 72.8 Å². The maximum absolute atomic E-state index is 12.7. The molecule has 0 spiro atoms. The maximum atomic E-state index is 12.7. The average Bonchev–Trinajstić information content (AvgIpc) is 2.87. The van der Waals surface area contributed by atoms with Gasteiger partial charge in [-0.3, -0.25) is 4.79 Å². The predicted molar refractivity (Wildman–Crippen MR) is 139 cm³/mol. The van der Waals surface area contributed by atoms with Gasteiger partial charge in [0.1, 0.15) is 4.24 Å². The number of carbonyl (C=O) groups is 1. The minimum absolute atomic E-state index is 0.0510. The number of benzene rings is 3. The number of thioether (sulfide) groups is 2. The molecule has 0 radical (unpaired) electrons. The van der Waals surface area contributed by atoms with Crippen molar-refractivity contribution in [2.24, 2.45) is 0 Å². The minimum atomic E-state index is 0.0510. The van der Waals surface area contributed by atoms with Gasteiger partial charge in [0.15, 0.2) is 24.2 Å². The van der Waals surface area contributed by atoms with E-state index in [0.29, 0.717) is 17.0 Å². The summed E-state index contributed by atoms with van der Waals surface area (Å²) in [5.41, 5.74) is 3.55. The molecule has 33 heavy (non-hydrogen) atoms. The van der Waals surface area contributed by atoms with Crippen LogP contribution in [-0.4, -0.2) is 11.5 Å². The predicted octanol–water partition coefficient (Wildman–Crippen LogP) is 6.63. The van der Waals surface area contributed by atoms with Crippen LogP contribution in [0.25, 0.3) is 16.5 Å². The number of fused-ring (bicyclic) bond motifs is 1. The molecule has 0 amide bonds. The number of Topliss-reactive ketones (excluding diaryl/α,β-unsaturated/α-hetero) is 1. The van der Waals surface area contributed by atoms with Gasteiger partial charge in [0.2, 0.25) is 0 Å². The van der Waals surface area contributed by atoms with E-state index in [2.05, 4.69) is 36.4 Å². The van der Waals surface area contributed by atoms with Crippen molar-refractivity contribution in [2.75, 3.05) is 5.75 Å². The number of hydrogen-bond donors (Lipinski definition) is 0. The van der Waals surface area contributed by atoms with E-state index in [4.69, 9.17) is 0 Å². The molecule has 3 aromatic carbocycles. The summed E-state index contributed by atoms with van der Waals surface area (Å²) in [6.07, 6.45) is 3.79. The van der Waals surface area contributed by atoms with E-state index in [0.717, 1.165) is 9.80 Å². The van der Waals surface area contributed by atoms with Crippen LogP contribution in [0.2, 0.25) is 0 Å². The highest BCUT2D eigenvalue weighted by Gasteiger charge is 2.20. The first-order valence-corrected chi connectivity index (χ1v) is 12.6. The van der Waals surface area contributed by atoms with Gasteiger partial charge in [-0.25, -0.2) is 0 Å². The fourth-order valence-corrected chi connectivity index (χ4v) is 5.67. The molecule has 0 atom stereocenters. The Morgan fingerprint density at radius 2 is 1.58 bits per heavy atom. The van der Waals surface area contributed by atoms with Crippen LogP contribution in [-0.2, 0) is 5.75 Å². The van der Waals surface area contributed by atoms with Crippen molar-refractivity contribution in [1.29, 1.82) is 5.26 Å². The summed E-state index contributed by atoms with van der Waals surface area (Å²) in [4.78, 5) is 12.7. The number of nitrogens with zero attached hydrogens (tertiary/aromatic N) is 2. The van der Waals surface area contributed by atoms with Crippen LogP contribution >= 0.6 is 23.5 Å². The van der Waals surface area contributed by atoms with E-state index in [1.54, 1.807) is 11.8 Å². The van der Waals surface area contributed by atoms with Gasteiger partial charge in [0.25, 0.3) is 0 Å². The van der Waals surface area contributed by atoms with Crippen LogP contribution < -0.4 is 4.57 Å². The van der Waals surface area contributed by atoms with Gasteiger partial charge in [0.05, 0.1) is 5.75 Å². The molecule has 0 fully saturated rings. The number of hydrogen-bond acceptors (Lipinski definition) is 4. The number of aromatic nitrogens is 1. The Morgan fingerprint density at radius 1 is 0.879 bits per heavy atom. The van der Waals surface area contributed by atoms with Crippen molar-refractivity contribution in [3.8, 4) is 6.07 Å². The summed E-state index contributed by atoms with van der Waals surface area (Å²) in [6.45, 7) is 2.02. The lowest BCUT2D eigenvalue weighted by molar-refractivity contribution is -0.577. The van der Waals surface area contributed by atoms with Crippen molar-refractivity contribution in [3.05, 3.63) is 118 Å². The van der Waals surface area contributed by atoms with Gasteiger partial charge in [-0.2, -0.15) is 9.83 Å². The summed E-state index contributed by atoms with van der Waals surface area (Å²) in [5, 5.41) is 12.4. The summed E-state index contributed by atoms with van der Waals surface area (Å²) in [7, 11) is 0. The van der Waals surface area contributed by atoms with Crippen LogP contribution in [0.1, 0.15) is 21.5 Å². The largest absolute Gasteiger partial charge is 0.308 e. The standard InChI is InChI=1S/C28H23N2OS2/c1-21-14-16-30(17-15-21)26(18-29)28(33-20-27(31)23-9-3-2-4-10-23)32-19-24-12-7-11-22-8-5-6-13-25(22)24/h2-17H,19-20H2,1H3/q+1/b28-26-. The van der Waals surface area contributed by atoms with E-state index >= 15 is 0 Å². The first-order valence-electron chi connectivity index (χ1n) is 10.6. The smallest absolute Gasteiger partial charge is 0.293 e. The lowest BCUT2D eigenvalue weighted by atomic mass is 10.1. The third kappa shape index (κ3) is 5.73. The van der Waals surface area contributed by atoms with Gasteiger partial charge < -0.3 is 0 Å². The lowest BCUT2D eigenvalue weighted by Crippen LogP contribution is -2.31. The Labute approximate surface area is 202 Å². The van der Waals surface area contributed by atoms with E-state index < -0.39 is 0 Å². The van der Waals surface area contributed by atoms with Crippen LogP contribution in [0.15, 0.2) is 102 Å². The third-order valence-electron chi connectivity index (χ3n) is 5.22. The number of ketones is 1. The Kier molecular flexibility index (Phi) is 7.62. The molecule has 4 aromatic rings. The quantitative estimate of drug-likeness (QED) is 0.166. The van der Waals surface area contributed by atoms with Crippen LogP contribution in [0.5, 0.6) is 0 Å². The first kappa shape index (κ1) is 22.8. The van der Waals surface area contributed by atoms with Crippen LogP contribution in [0, 0.1) is 18.3 Å². The Hall–Kier alpha value is -3.33. The highest BCUT2D eigenvalue weighted by atomic mass is 32.2. The molecule has 0 saturated carbocycles. The molecule has 162 valence electrons. The molecule has 0 unspecified atom stereocenters. The second-order valence-corrected chi connectivity index (χ2v) is 9.77. The number of nitriles is 1. The molecule has 0 N–H and O–H groups in total. The lowest BCUT2D eigenvalue weighted by Gasteiger charge is -2.09. The molecule has 3 nitrogen and oxygen atoms in total. The van der Waals surface area contributed by atoms with Crippen molar-refractivity contribution in [3.63, 3.8) is 0 Å². The van der Waals surface area contributed by atoms with E-state index in [-0.39, 0.29) is 11.5 Å². The van der Waals surface area contributed by atoms with Gasteiger partial charge in [-0.15, -0.1) is 23.5 Å². The Bertz CT molecular complexity index is 1330. The normalized spacial score (nSPS) is 11.6. The number of allylic oxidation sites excluding steroid dienone is 1. The Balaban J connectivity index is 1.63. The number of rotatable bonds is 8. The van der Waals surface area contributed by atoms with E-state index in [1.807, 2.05) is 78.5 Å². The first-order chi connectivity index (χ1) is 16.2. The SMILES string of the molecule is Cc1cc[n+](/C(C#N)=C(\SCC(=O)c2ccccc2)SCc2cccc3ccccc23)cc1. The monoisotopic (exact) mass is 467 g/mol. The Morgan fingerprint density at radius 3 is 2.33 bits per heavy atom. The maximum Gasteiger partial charge on any atom is 0.308 e. The third-order valence-corrected chi connectivity index (χ3v) is 7.70. The molecule has 1 heterocycles. The summed E-state index contributed by atoms with van der Waals surface area (Å²) < 4.78 is 2.67. The summed E-state index contributed by atoms with van der Waals surface area (Å²) >= 11 is 3.04. The molecule has 0 saturated heterocycles. The van der Waals surface area contributed by atoms with Crippen LogP contribution in [0.4, 0.5) is 0 Å². The molecule has 4 rings (SSSR count).